The summed E-state index contributed by atoms with van der Waals surface area (Å²) in [5.41, 5.74) is 2.33. The smallest absolute Gasteiger partial charge is 0.244 e. The van der Waals surface area contributed by atoms with Crippen LogP contribution in [0, 0.1) is 0 Å². The highest BCUT2D eigenvalue weighted by Crippen LogP contribution is 2.40. The normalized spacial score (nSPS) is 16.4. The number of hydrogen-bond donors (Lipinski definition) is 0. The second-order valence-electron chi connectivity index (χ2n) is 6.74. The van der Waals surface area contributed by atoms with Gasteiger partial charge in [0.05, 0.1) is 0 Å². The Balaban J connectivity index is 1.67. The number of rotatable bonds is 4. The van der Waals surface area contributed by atoms with Crippen LogP contribution in [0.15, 0.2) is 67.0 Å². The molecule has 132 valence electrons. The third-order valence-corrected chi connectivity index (χ3v) is 5.19. The van der Waals surface area contributed by atoms with E-state index in [1.807, 2.05) is 17.0 Å². The number of piperidine rings is 1. The highest BCUT2D eigenvalue weighted by Gasteiger charge is 2.40. The van der Waals surface area contributed by atoms with Gasteiger partial charge in [0.1, 0.15) is 12.9 Å². The second kappa shape index (κ2) is 7.07. The molecule has 0 spiro atoms. The van der Waals surface area contributed by atoms with Gasteiger partial charge in [0, 0.05) is 18.5 Å². The summed E-state index contributed by atoms with van der Waals surface area (Å²) in [5, 5.41) is 11.0. The van der Waals surface area contributed by atoms with Crippen LogP contribution in [0.25, 0.3) is 0 Å². The Kier molecular flexibility index (Phi) is 4.48. The number of aromatic nitrogens is 4. The van der Waals surface area contributed by atoms with Gasteiger partial charge in [-0.3, -0.25) is 4.79 Å². The molecule has 0 unspecified atom stereocenters. The van der Waals surface area contributed by atoms with E-state index in [1.165, 1.54) is 22.1 Å². The van der Waals surface area contributed by atoms with Gasteiger partial charge in [-0.05, 0) is 34.4 Å². The Hall–Kier alpha value is -3.02. The number of amides is 1. The molecule has 6 nitrogen and oxygen atoms in total. The van der Waals surface area contributed by atoms with Crippen LogP contribution in [0.2, 0.25) is 0 Å². The van der Waals surface area contributed by atoms with Gasteiger partial charge < -0.3 is 4.90 Å². The predicted octanol–water partition coefficient (Wildman–Crippen LogP) is 2.28. The highest BCUT2D eigenvalue weighted by atomic mass is 16.2. The monoisotopic (exact) mass is 347 g/mol. The summed E-state index contributed by atoms with van der Waals surface area (Å²) in [6.07, 6.45) is 3.46. The van der Waals surface area contributed by atoms with Gasteiger partial charge >= 0.3 is 0 Å². The molecule has 1 amide bonds. The predicted molar refractivity (Wildman–Crippen MR) is 97.3 cm³/mol. The number of nitrogens with zero attached hydrogens (tertiary/aromatic N) is 5. The number of carbonyl (C=O) groups excluding carboxylic acids is 1. The molecule has 0 N–H and O–H groups in total. The number of tetrazole rings is 1. The Morgan fingerprint density at radius 3 is 2.23 bits per heavy atom. The lowest BCUT2D eigenvalue weighted by molar-refractivity contribution is -0.134. The minimum absolute atomic E-state index is 0.0493. The van der Waals surface area contributed by atoms with Crippen molar-refractivity contribution in [2.24, 2.45) is 0 Å². The molecule has 6 heteroatoms. The Morgan fingerprint density at radius 1 is 1.00 bits per heavy atom. The number of benzene rings is 2. The molecule has 0 aliphatic carbocycles. The van der Waals surface area contributed by atoms with E-state index in [0.29, 0.717) is 6.54 Å². The van der Waals surface area contributed by atoms with E-state index in [-0.39, 0.29) is 17.9 Å². The third-order valence-electron chi connectivity index (χ3n) is 5.19. The summed E-state index contributed by atoms with van der Waals surface area (Å²) < 4.78 is 1.48. The fourth-order valence-corrected chi connectivity index (χ4v) is 3.91. The van der Waals surface area contributed by atoms with E-state index in [4.69, 9.17) is 0 Å². The summed E-state index contributed by atoms with van der Waals surface area (Å²) in [5.74, 6) is 0.0493. The lowest BCUT2D eigenvalue weighted by atomic mass is 9.69. The van der Waals surface area contributed by atoms with Crippen LogP contribution in [-0.2, 0) is 16.8 Å². The van der Waals surface area contributed by atoms with E-state index >= 15 is 0 Å². The lowest BCUT2D eigenvalue weighted by Gasteiger charge is -2.44. The molecule has 26 heavy (non-hydrogen) atoms. The van der Waals surface area contributed by atoms with Crippen molar-refractivity contribution in [3.05, 3.63) is 78.1 Å². The van der Waals surface area contributed by atoms with Crippen molar-refractivity contribution in [3.8, 4) is 0 Å². The highest BCUT2D eigenvalue weighted by molar-refractivity contribution is 5.76. The molecule has 1 aromatic heterocycles. The number of carbonyl (C=O) groups is 1. The van der Waals surface area contributed by atoms with Crippen molar-refractivity contribution < 1.29 is 4.79 Å². The molecule has 0 saturated carbocycles. The van der Waals surface area contributed by atoms with E-state index in [2.05, 4.69) is 64.1 Å². The lowest BCUT2D eigenvalue weighted by Crippen LogP contribution is -2.50. The summed E-state index contributed by atoms with van der Waals surface area (Å²) in [6, 6.07) is 21.0. The maximum absolute atomic E-state index is 12.8. The van der Waals surface area contributed by atoms with E-state index in [1.54, 1.807) is 0 Å². The molecule has 2 heterocycles. The minimum Gasteiger partial charge on any atom is -0.340 e. The summed E-state index contributed by atoms with van der Waals surface area (Å²) >= 11 is 0. The van der Waals surface area contributed by atoms with Gasteiger partial charge in [-0.1, -0.05) is 60.7 Å². The van der Waals surface area contributed by atoms with Gasteiger partial charge in [-0.15, -0.1) is 5.10 Å². The second-order valence-corrected chi connectivity index (χ2v) is 6.74. The first-order valence-corrected chi connectivity index (χ1v) is 8.87. The van der Waals surface area contributed by atoms with Crippen LogP contribution in [0.1, 0.15) is 24.0 Å². The molecule has 3 aromatic rings. The zero-order chi connectivity index (χ0) is 17.8. The van der Waals surface area contributed by atoms with Gasteiger partial charge in [0.15, 0.2) is 0 Å². The molecule has 1 saturated heterocycles. The van der Waals surface area contributed by atoms with Crippen LogP contribution < -0.4 is 0 Å². The molecule has 1 aliphatic rings. The quantitative estimate of drug-likeness (QED) is 0.726. The average molecular weight is 347 g/mol. The summed E-state index contributed by atoms with van der Waals surface area (Å²) in [4.78, 5) is 14.8. The molecule has 2 aromatic carbocycles. The van der Waals surface area contributed by atoms with Gasteiger partial charge in [-0.25, -0.2) is 4.68 Å². The van der Waals surface area contributed by atoms with Crippen LogP contribution in [0.3, 0.4) is 0 Å². The van der Waals surface area contributed by atoms with Crippen molar-refractivity contribution in [1.82, 2.24) is 25.1 Å². The van der Waals surface area contributed by atoms with Crippen molar-refractivity contribution in [2.45, 2.75) is 24.8 Å². The molecule has 1 aliphatic heterocycles. The average Bonchev–Trinajstić information content (AvgIpc) is 3.22. The minimum atomic E-state index is -0.183. The first-order chi connectivity index (χ1) is 12.8. The zero-order valence-electron chi connectivity index (χ0n) is 14.5. The van der Waals surface area contributed by atoms with Crippen LogP contribution in [-0.4, -0.2) is 44.1 Å². The topological polar surface area (TPSA) is 63.9 Å². The Bertz CT molecular complexity index is 809. The molecule has 0 bridgehead atoms. The van der Waals surface area contributed by atoms with Crippen molar-refractivity contribution in [1.29, 1.82) is 0 Å². The molecular weight excluding hydrogens is 326 g/mol. The van der Waals surface area contributed by atoms with Gasteiger partial charge in [0.2, 0.25) is 5.91 Å². The van der Waals surface area contributed by atoms with Crippen LogP contribution in [0.5, 0.6) is 0 Å². The van der Waals surface area contributed by atoms with Crippen molar-refractivity contribution in [2.75, 3.05) is 13.1 Å². The molecule has 0 atom stereocenters. The molecule has 1 fully saturated rings. The first-order valence-electron chi connectivity index (χ1n) is 8.87. The van der Waals surface area contributed by atoms with Gasteiger partial charge in [0.25, 0.3) is 0 Å². The van der Waals surface area contributed by atoms with E-state index < -0.39 is 0 Å². The fraction of sp³-hybridized carbons (Fsp3) is 0.300. The van der Waals surface area contributed by atoms with Crippen LogP contribution >= 0.6 is 0 Å². The van der Waals surface area contributed by atoms with Crippen molar-refractivity contribution >= 4 is 5.91 Å². The molecule has 4 rings (SSSR count). The van der Waals surface area contributed by atoms with Crippen molar-refractivity contribution in [3.63, 3.8) is 0 Å². The fourth-order valence-electron chi connectivity index (χ4n) is 3.91. The standard InChI is InChI=1S/C20H21N5O/c26-19(14-25-16-21-22-23-25)24-13-7-12-20(15-24,17-8-3-1-4-9-17)18-10-5-2-6-11-18/h1-6,8-11,16H,7,12-15H2. The van der Waals surface area contributed by atoms with E-state index in [0.717, 1.165) is 19.4 Å². The number of hydrogen-bond acceptors (Lipinski definition) is 4. The Morgan fingerprint density at radius 2 is 1.65 bits per heavy atom. The maximum atomic E-state index is 12.8. The van der Waals surface area contributed by atoms with Crippen LogP contribution in [0.4, 0.5) is 0 Å². The Labute approximate surface area is 152 Å². The zero-order valence-corrected chi connectivity index (χ0v) is 14.5. The third kappa shape index (κ3) is 3.10. The van der Waals surface area contributed by atoms with E-state index in [9.17, 15) is 4.79 Å². The SMILES string of the molecule is O=C(Cn1cnnn1)N1CCCC(c2ccccc2)(c2ccccc2)C1. The molecular formula is C20H21N5O. The van der Waals surface area contributed by atoms with Gasteiger partial charge in [-0.2, -0.15) is 0 Å². The summed E-state index contributed by atoms with van der Waals surface area (Å²) in [7, 11) is 0. The first kappa shape index (κ1) is 16.4. The number of likely N-dealkylation sites (tertiary alicyclic amines) is 1. The molecule has 0 radical (unpaired) electrons. The largest absolute Gasteiger partial charge is 0.340 e. The maximum Gasteiger partial charge on any atom is 0.244 e. The summed E-state index contributed by atoms with van der Waals surface area (Å²) in [6.45, 7) is 1.61.